The summed E-state index contributed by atoms with van der Waals surface area (Å²) >= 11 is 0. The van der Waals surface area contributed by atoms with Crippen LogP contribution in [0, 0.1) is 11.6 Å². The average Bonchev–Trinajstić information content (AvgIpc) is 3.05. The van der Waals surface area contributed by atoms with Crippen LogP contribution in [0.25, 0.3) is 0 Å². The van der Waals surface area contributed by atoms with Gasteiger partial charge >= 0.3 is 0 Å². The Bertz CT molecular complexity index is 979. The Labute approximate surface area is 155 Å². The van der Waals surface area contributed by atoms with Crippen LogP contribution in [-0.2, 0) is 21.2 Å². The maximum atomic E-state index is 13.1. The molecule has 0 aromatic heterocycles. The second-order valence-corrected chi connectivity index (χ2v) is 7.80. The lowest BCUT2D eigenvalue weighted by Gasteiger charge is -2.15. The van der Waals surface area contributed by atoms with Crippen molar-refractivity contribution in [3.05, 3.63) is 53.6 Å². The fourth-order valence-electron chi connectivity index (χ4n) is 2.87. The highest BCUT2D eigenvalue weighted by molar-refractivity contribution is 7.89. The quantitative estimate of drug-likeness (QED) is 0.760. The van der Waals surface area contributed by atoms with E-state index in [-0.39, 0.29) is 29.7 Å². The lowest BCUT2D eigenvalue weighted by atomic mass is 10.2. The van der Waals surface area contributed by atoms with Gasteiger partial charge in [-0.25, -0.2) is 21.9 Å². The zero-order valence-electron chi connectivity index (χ0n) is 14.5. The first-order chi connectivity index (χ1) is 12.8. The van der Waals surface area contributed by atoms with Crippen molar-refractivity contribution in [2.45, 2.75) is 18.2 Å². The van der Waals surface area contributed by atoms with Gasteiger partial charge in [-0.3, -0.25) is 4.79 Å². The summed E-state index contributed by atoms with van der Waals surface area (Å²) in [5, 5.41) is 0. The lowest BCUT2D eigenvalue weighted by molar-refractivity contribution is -0.116. The van der Waals surface area contributed by atoms with E-state index in [2.05, 4.69) is 4.72 Å². The van der Waals surface area contributed by atoms with E-state index in [4.69, 9.17) is 4.74 Å². The van der Waals surface area contributed by atoms with E-state index in [1.54, 1.807) is 17.0 Å². The smallest absolute Gasteiger partial charge is 0.240 e. The third-order valence-electron chi connectivity index (χ3n) is 4.19. The van der Waals surface area contributed by atoms with Crippen LogP contribution >= 0.6 is 0 Å². The normalized spacial score (nSPS) is 13.5. The Kier molecular flexibility index (Phi) is 5.43. The first kappa shape index (κ1) is 19.2. The van der Waals surface area contributed by atoms with Crippen LogP contribution in [0.15, 0.2) is 41.3 Å². The SMILES string of the molecule is CC(=O)N1CCc2cc(S(=O)(=O)NCCOc3ccc(F)c(F)c3)ccc21. The predicted molar refractivity (Wildman–Crippen MR) is 95.2 cm³/mol. The van der Waals surface area contributed by atoms with E-state index < -0.39 is 21.7 Å². The zero-order valence-corrected chi connectivity index (χ0v) is 15.4. The number of hydrogen-bond donors (Lipinski definition) is 1. The molecule has 0 saturated carbocycles. The highest BCUT2D eigenvalue weighted by Gasteiger charge is 2.24. The molecule has 0 spiro atoms. The molecule has 0 atom stereocenters. The van der Waals surface area contributed by atoms with Crippen LogP contribution in [0.4, 0.5) is 14.5 Å². The molecule has 1 aliphatic rings. The van der Waals surface area contributed by atoms with E-state index in [1.807, 2.05) is 0 Å². The number of nitrogens with one attached hydrogen (secondary N) is 1. The average molecular weight is 396 g/mol. The van der Waals surface area contributed by atoms with Crippen LogP contribution in [0.2, 0.25) is 0 Å². The predicted octanol–water partition coefficient (Wildman–Crippen LogP) is 2.23. The molecule has 2 aromatic carbocycles. The molecule has 1 heterocycles. The van der Waals surface area contributed by atoms with Gasteiger partial charge in [-0.15, -0.1) is 0 Å². The van der Waals surface area contributed by atoms with Gasteiger partial charge in [-0.2, -0.15) is 0 Å². The number of fused-ring (bicyclic) bond motifs is 1. The molecule has 9 heteroatoms. The van der Waals surface area contributed by atoms with Crippen molar-refractivity contribution >= 4 is 21.6 Å². The first-order valence-electron chi connectivity index (χ1n) is 8.26. The van der Waals surface area contributed by atoms with Crippen LogP contribution in [-0.4, -0.2) is 34.0 Å². The maximum absolute atomic E-state index is 13.1. The van der Waals surface area contributed by atoms with Gasteiger partial charge in [0.25, 0.3) is 0 Å². The molecule has 6 nitrogen and oxygen atoms in total. The van der Waals surface area contributed by atoms with Crippen molar-refractivity contribution in [2.24, 2.45) is 0 Å². The number of carbonyl (C=O) groups excluding carboxylic acids is 1. The van der Waals surface area contributed by atoms with Crippen molar-refractivity contribution in [1.29, 1.82) is 0 Å². The summed E-state index contributed by atoms with van der Waals surface area (Å²) in [6.45, 7) is 1.91. The molecular formula is C18H18F2N2O4S. The molecule has 2 aromatic rings. The lowest BCUT2D eigenvalue weighted by Crippen LogP contribution is -2.28. The second-order valence-electron chi connectivity index (χ2n) is 6.03. The van der Waals surface area contributed by atoms with Crippen molar-refractivity contribution in [3.63, 3.8) is 0 Å². The van der Waals surface area contributed by atoms with Gasteiger partial charge in [-0.05, 0) is 42.3 Å². The molecule has 27 heavy (non-hydrogen) atoms. The van der Waals surface area contributed by atoms with Crippen molar-refractivity contribution in [1.82, 2.24) is 4.72 Å². The third-order valence-corrected chi connectivity index (χ3v) is 5.65. The van der Waals surface area contributed by atoms with Gasteiger partial charge in [0.15, 0.2) is 11.6 Å². The van der Waals surface area contributed by atoms with Gasteiger partial charge in [-0.1, -0.05) is 0 Å². The van der Waals surface area contributed by atoms with E-state index >= 15 is 0 Å². The standard InChI is InChI=1S/C18H18F2N2O4S/c1-12(23)22-8-6-13-10-15(3-5-18(13)22)27(24,25)21-7-9-26-14-2-4-16(19)17(20)11-14/h2-5,10-11,21H,6-9H2,1H3. The molecule has 0 bridgehead atoms. The van der Waals surface area contributed by atoms with Gasteiger partial charge in [0.2, 0.25) is 15.9 Å². The zero-order chi connectivity index (χ0) is 19.6. The van der Waals surface area contributed by atoms with Gasteiger partial charge in [0, 0.05) is 31.8 Å². The number of hydrogen-bond acceptors (Lipinski definition) is 4. The molecule has 1 amide bonds. The first-order valence-corrected chi connectivity index (χ1v) is 9.75. The molecule has 1 N–H and O–H groups in total. The highest BCUT2D eigenvalue weighted by Crippen LogP contribution is 2.30. The fraction of sp³-hybridized carbons (Fsp3) is 0.278. The second kappa shape index (κ2) is 7.61. The van der Waals surface area contributed by atoms with E-state index in [9.17, 15) is 22.0 Å². The van der Waals surface area contributed by atoms with E-state index in [1.165, 1.54) is 19.1 Å². The summed E-state index contributed by atoms with van der Waals surface area (Å²) < 4.78 is 58.4. The molecule has 0 fully saturated rings. The number of rotatable bonds is 6. The molecular weight excluding hydrogens is 378 g/mol. The van der Waals surface area contributed by atoms with Crippen LogP contribution in [0.5, 0.6) is 5.75 Å². The molecule has 1 aliphatic heterocycles. The van der Waals surface area contributed by atoms with Gasteiger partial charge < -0.3 is 9.64 Å². The topological polar surface area (TPSA) is 75.7 Å². The Balaban J connectivity index is 1.60. The van der Waals surface area contributed by atoms with Crippen LogP contribution in [0.1, 0.15) is 12.5 Å². The van der Waals surface area contributed by atoms with Crippen molar-refractivity contribution in [2.75, 3.05) is 24.6 Å². The molecule has 0 aliphatic carbocycles. The molecule has 144 valence electrons. The minimum absolute atomic E-state index is 0.0437. The molecule has 3 rings (SSSR count). The number of benzene rings is 2. The number of ether oxygens (including phenoxy) is 1. The summed E-state index contributed by atoms with van der Waals surface area (Å²) in [5.41, 5.74) is 1.52. The Morgan fingerprint density at radius 3 is 2.67 bits per heavy atom. The Morgan fingerprint density at radius 1 is 1.19 bits per heavy atom. The summed E-state index contributed by atoms with van der Waals surface area (Å²) in [7, 11) is -3.76. The highest BCUT2D eigenvalue weighted by atomic mass is 32.2. The minimum Gasteiger partial charge on any atom is -0.492 e. The Hall–Kier alpha value is -2.52. The minimum atomic E-state index is -3.76. The van der Waals surface area contributed by atoms with Crippen molar-refractivity contribution < 1.29 is 26.7 Å². The summed E-state index contributed by atoms with van der Waals surface area (Å²) in [4.78, 5) is 13.3. The molecule has 0 saturated heterocycles. The largest absolute Gasteiger partial charge is 0.492 e. The fourth-order valence-corrected chi connectivity index (χ4v) is 3.93. The van der Waals surface area contributed by atoms with Crippen molar-refractivity contribution in [3.8, 4) is 5.75 Å². The molecule has 0 unspecified atom stereocenters. The number of sulfonamides is 1. The molecule has 0 radical (unpaired) electrons. The van der Waals surface area contributed by atoms with Gasteiger partial charge in [0.1, 0.15) is 12.4 Å². The van der Waals surface area contributed by atoms with Crippen LogP contribution in [0.3, 0.4) is 0 Å². The van der Waals surface area contributed by atoms with Crippen LogP contribution < -0.4 is 14.4 Å². The Morgan fingerprint density at radius 2 is 1.96 bits per heavy atom. The monoisotopic (exact) mass is 396 g/mol. The van der Waals surface area contributed by atoms with E-state index in [0.29, 0.717) is 13.0 Å². The number of carbonyl (C=O) groups is 1. The van der Waals surface area contributed by atoms with Gasteiger partial charge in [0.05, 0.1) is 4.90 Å². The summed E-state index contributed by atoms with van der Waals surface area (Å²) in [5.74, 6) is -2.00. The number of nitrogens with zero attached hydrogens (tertiary/aromatic N) is 1. The third kappa shape index (κ3) is 4.25. The number of anilines is 1. The summed E-state index contributed by atoms with van der Waals surface area (Å²) in [6.07, 6.45) is 0.595. The maximum Gasteiger partial charge on any atom is 0.240 e. The summed E-state index contributed by atoms with van der Waals surface area (Å²) in [6, 6.07) is 7.70. The number of halogens is 2. The number of amides is 1. The van der Waals surface area contributed by atoms with E-state index in [0.717, 1.165) is 23.4 Å².